The second-order valence-corrected chi connectivity index (χ2v) is 11.8. The number of rotatable bonds is 9. The number of benzene rings is 4. The van der Waals surface area contributed by atoms with Crippen LogP contribution in [-0.4, -0.2) is 21.7 Å². The van der Waals surface area contributed by atoms with Crippen LogP contribution in [0, 0.1) is 0 Å². The highest BCUT2D eigenvalue weighted by atomic mass is 32.2. The lowest BCUT2D eigenvalue weighted by atomic mass is 10.1. The standard InChI is InChI=1S/C32H28N2O2S2/c35-21-13-15-29-25(19-21)31(23-9-3-5-11-27(23)33-29)37-17-7-1-2-8-18-38-32-24-10-4-6-12-28(24)34-30-16-14-22(36)20-26(30)32/h3-6,9-16,19-20,35-36H,1-2,7-8,17-18H2/p+2. The number of hydrogen-bond donors (Lipinski definition) is 2. The molecule has 0 saturated carbocycles. The summed E-state index contributed by atoms with van der Waals surface area (Å²) in [7, 11) is 0. The van der Waals surface area contributed by atoms with Crippen molar-refractivity contribution < 1.29 is 20.2 Å². The van der Waals surface area contributed by atoms with Crippen LogP contribution in [0.5, 0.6) is 11.5 Å². The monoisotopic (exact) mass is 538 g/mol. The van der Waals surface area contributed by atoms with Gasteiger partial charge in [0.15, 0.2) is 0 Å². The number of para-hydroxylation sites is 2. The number of aromatic hydroxyl groups is 2. The van der Waals surface area contributed by atoms with E-state index in [1.165, 1.54) is 33.4 Å². The highest BCUT2D eigenvalue weighted by molar-refractivity contribution is 8.00. The van der Waals surface area contributed by atoms with Gasteiger partial charge in [-0.1, -0.05) is 37.1 Å². The summed E-state index contributed by atoms with van der Waals surface area (Å²) in [5.74, 6) is 2.70. The molecule has 6 rings (SSSR count). The van der Waals surface area contributed by atoms with Crippen LogP contribution >= 0.6 is 23.5 Å². The van der Waals surface area contributed by atoms with Crippen molar-refractivity contribution in [2.75, 3.05) is 11.5 Å². The van der Waals surface area contributed by atoms with Gasteiger partial charge in [0.1, 0.15) is 11.5 Å². The van der Waals surface area contributed by atoms with Crippen LogP contribution in [0.1, 0.15) is 25.7 Å². The Kier molecular flexibility index (Phi) is 7.25. The van der Waals surface area contributed by atoms with Gasteiger partial charge in [0.25, 0.3) is 0 Å². The molecule has 6 aromatic rings. The van der Waals surface area contributed by atoms with Crippen molar-refractivity contribution in [1.29, 1.82) is 0 Å². The van der Waals surface area contributed by atoms with Crippen LogP contribution in [-0.2, 0) is 0 Å². The molecule has 4 nitrogen and oxygen atoms in total. The van der Waals surface area contributed by atoms with Crippen LogP contribution in [0.2, 0.25) is 0 Å². The van der Waals surface area contributed by atoms with Crippen molar-refractivity contribution in [2.24, 2.45) is 0 Å². The van der Waals surface area contributed by atoms with Gasteiger partial charge in [-0.05, 0) is 60.7 Å². The minimum Gasteiger partial charge on any atom is -0.508 e. The Hall–Kier alpha value is -3.48. The number of hydrogen-bond acceptors (Lipinski definition) is 4. The third kappa shape index (κ3) is 5.11. The molecule has 38 heavy (non-hydrogen) atoms. The lowest BCUT2D eigenvalue weighted by Gasteiger charge is -2.09. The van der Waals surface area contributed by atoms with Crippen molar-refractivity contribution in [1.82, 2.24) is 0 Å². The number of H-pyrrole nitrogens is 2. The number of phenolic OH excluding ortho intramolecular Hbond substituents is 2. The Bertz CT molecular complexity index is 1640. The average molecular weight is 539 g/mol. The lowest BCUT2D eigenvalue weighted by Crippen LogP contribution is -2.06. The normalized spacial score (nSPS) is 11.7. The number of unbranched alkanes of at least 4 members (excludes halogenated alkanes) is 3. The maximum absolute atomic E-state index is 10.1. The van der Waals surface area contributed by atoms with E-state index in [0.717, 1.165) is 57.2 Å². The molecular weight excluding hydrogens is 508 g/mol. The second-order valence-electron chi connectivity index (χ2n) is 9.57. The summed E-state index contributed by atoms with van der Waals surface area (Å²) < 4.78 is 0. The fourth-order valence-corrected chi connectivity index (χ4v) is 7.46. The maximum Gasteiger partial charge on any atom is 0.212 e. The van der Waals surface area contributed by atoms with Crippen LogP contribution in [0.3, 0.4) is 0 Å². The van der Waals surface area contributed by atoms with Gasteiger partial charge in [-0.2, -0.15) is 0 Å². The van der Waals surface area contributed by atoms with Crippen molar-refractivity contribution in [3.05, 3.63) is 84.9 Å². The molecule has 0 bridgehead atoms. The molecule has 0 radical (unpaired) electrons. The molecular formula is C32H30N2O2S2+2. The molecule has 0 fully saturated rings. The molecule has 0 aliphatic rings. The molecule has 0 aliphatic heterocycles. The van der Waals surface area contributed by atoms with E-state index in [0.29, 0.717) is 11.5 Å². The number of fused-ring (bicyclic) bond motifs is 4. The lowest BCUT2D eigenvalue weighted by molar-refractivity contribution is -0.311. The molecule has 4 aromatic carbocycles. The highest BCUT2D eigenvalue weighted by Gasteiger charge is 2.16. The minimum absolute atomic E-state index is 0.299. The van der Waals surface area contributed by atoms with E-state index in [4.69, 9.17) is 0 Å². The molecule has 6 heteroatoms. The zero-order chi connectivity index (χ0) is 25.9. The van der Waals surface area contributed by atoms with Crippen LogP contribution < -0.4 is 9.97 Å². The third-order valence-corrected chi connectivity index (χ3v) is 9.35. The first-order chi connectivity index (χ1) is 18.7. The van der Waals surface area contributed by atoms with Gasteiger partial charge >= 0.3 is 0 Å². The van der Waals surface area contributed by atoms with E-state index in [-0.39, 0.29) is 0 Å². The molecule has 0 saturated heterocycles. The molecule has 2 heterocycles. The van der Waals surface area contributed by atoms with E-state index in [1.807, 2.05) is 47.8 Å². The number of pyridine rings is 2. The van der Waals surface area contributed by atoms with Crippen LogP contribution in [0.25, 0.3) is 43.6 Å². The Balaban J connectivity index is 1.07. The number of aromatic amines is 2. The Morgan fingerprint density at radius 3 is 1.37 bits per heavy atom. The number of nitrogens with one attached hydrogen (secondary N) is 2. The van der Waals surface area contributed by atoms with E-state index >= 15 is 0 Å². The van der Waals surface area contributed by atoms with Gasteiger partial charge in [0.2, 0.25) is 22.1 Å². The van der Waals surface area contributed by atoms with Crippen LogP contribution in [0.15, 0.2) is 94.7 Å². The Labute approximate surface area is 230 Å². The highest BCUT2D eigenvalue weighted by Crippen LogP contribution is 2.36. The van der Waals surface area contributed by atoms with Gasteiger partial charge in [0.05, 0.1) is 21.5 Å². The summed E-state index contributed by atoms with van der Waals surface area (Å²) in [6, 6.07) is 27.9. The van der Waals surface area contributed by atoms with Crippen molar-refractivity contribution in [2.45, 2.75) is 35.5 Å². The summed E-state index contributed by atoms with van der Waals surface area (Å²) in [5, 5.41) is 24.8. The predicted octanol–water partition coefficient (Wildman–Crippen LogP) is 7.78. The van der Waals surface area contributed by atoms with Gasteiger partial charge < -0.3 is 10.2 Å². The summed E-state index contributed by atoms with van der Waals surface area (Å²) in [5.41, 5.74) is 4.34. The molecule has 0 atom stereocenters. The Morgan fingerprint density at radius 1 is 0.474 bits per heavy atom. The molecule has 0 unspecified atom stereocenters. The molecule has 4 N–H and O–H groups in total. The van der Waals surface area contributed by atoms with E-state index in [1.54, 1.807) is 12.1 Å². The fraction of sp³-hybridized carbons (Fsp3) is 0.188. The summed E-state index contributed by atoms with van der Waals surface area (Å²) in [6.45, 7) is 0. The first-order valence-electron chi connectivity index (χ1n) is 13.1. The molecule has 190 valence electrons. The Morgan fingerprint density at radius 2 is 0.895 bits per heavy atom. The third-order valence-electron chi connectivity index (χ3n) is 6.91. The van der Waals surface area contributed by atoms with Crippen LogP contribution in [0.4, 0.5) is 0 Å². The average Bonchev–Trinajstić information content (AvgIpc) is 2.93. The zero-order valence-corrected chi connectivity index (χ0v) is 22.7. The minimum atomic E-state index is 0.299. The van der Waals surface area contributed by atoms with Gasteiger partial charge in [-0.3, -0.25) is 0 Å². The van der Waals surface area contributed by atoms with Crippen molar-refractivity contribution in [3.8, 4) is 11.5 Å². The van der Waals surface area contributed by atoms with Gasteiger partial charge in [-0.25, -0.2) is 9.97 Å². The first-order valence-corrected chi connectivity index (χ1v) is 15.0. The molecule has 0 spiro atoms. The zero-order valence-electron chi connectivity index (χ0n) is 21.0. The van der Waals surface area contributed by atoms with E-state index < -0.39 is 0 Å². The maximum atomic E-state index is 10.1. The van der Waals surface area contributed by atoms with Gasteiger partial charge in [0, 0.05) is 34.1 Å². The summed E-state index contributed by atoms with van der Waals surface area (Å²) >= 11 is 3.78. The number of phenols is 2. The summed E-state index contributed by atoms with van der Waals surface area (Å²) in [6.07, 6.45) is 4.70. The van der Waals surface area contributed by atoms with E-state index in [2.05, 4.69) is 58.5 Å². The second kappa shape index (κ2) is 11.1. The van der Waals surface area contributed by atoms with Gasteiger partial charge in [-0.15, -0.1) is 23.5 Å². The predicted molar refractivity (Wildman–Crippen MR) is 159 cm³/mol. The summed E-state index contributed by atoms with van der Waals surface area (Å²) in [4.78, 5) is 9.47. The number of thioether (sulfide) groups is 2. The SMILES string of the molecule is Oc1ccc2[nH+]c3ccccc3c(SCCCCCCSc3c4ccccc4[nH+]c4ccc(O)cc34)c2c1. The fourth-order valence-electron chi connectivity index (χ4n) is 5.04. The van der Waals surface area contributed by atoms with E-state index in [9.17, 15) is 10.2 Å². The largest absolute Gasteiger partial charge is 0.508 e. The molecule has 0 aliphatic carbocycles. The number of aromatic nitrogens is 2. The van der Waals surface area contributed by atoms with Crippen molar-refractivity contribution in [3.63, 3.8) is 0 Å². The molecule has 2 aromatic heterocycles. The topological polar surface area (TPSA) is 68.7 Å². The van der Waals surface area contributed by atoms with Crippen molar-refractivity contribution >= 4 is 67.1 Å². The smallest absolute Gasteiger partial charge is 0.212 e. The quantitative estimate of drug-likeness (QED) is 0.112. The first kappa shape index (κ1) is 24.8. The molecule has 0 amide bonds.